The van der Waals surface area contributed by atoms with E-state index < -0.39 is 0 Å². The molecule has 0 aromatic heterocycles. The highest BCUT2D eigenvalue weighted by molar-refractivity contribution is 5.27. The predicted octanol–water partition coefficient (Wildman–Crippen LogP) is 1.94. The van der Waals surface area contributed by atoms with Gasteiger partial charge < -0.3 is 10.5 Å². The fourth-order valence-electron chi connectivity index (χ4n) is 3.53. The monoisotopic (exact) mass is 260 g/mol. The fourth-order valence-corrected chi connectivity index (χ4v) is 3.53. The molecule has 1 aromatic carbocycles. The number of nitrogens with zero attached hydrogens (tertiary/aromatic N) is 1. The second-order valence-electron chi connectivity index (χ2n) is 5.69. The van der Waals surface area contributed by atoms with E-state index in [1.807, 2.05) is 0 Å². The Kier molecular flexibility index (Phi) is 4.16. The summed E-state index contributed by atoms with van der Waals surface area (Å²) < 4.78 is 5.89. The molecule has 0 amide bonds. The first-order chi connectivity index (χ1) is 9.38. The van der Waals surface area contributed by atoms with Crippen molar-refractivity contribution in [3.8, 4) is 0 Å². The highest BCUT2D eigenvalue weighted by Crippen LogP contribution is 2.31. The molecule has 1 aromatic rings. The molecule has 3 rings (SSSR count). The first-order valence-corrected chi connectivity index (χ1v) is 7.51. The van der Waals surface area contributed by atoms with Gasteiger partial charge >= 0.3 is 0 Å². The molecule has 2 unspecified atom stereocenters. The van der Waals surface area contributed by atoms with Gasteiger partial charge in [-0.15, -0.1) is 0 Å². The minimum Gasteiger partial charge on any atom is -0.375 e. The van der Waals surface area contributed by atoms with Gasteiger partial charge in [-0.05, 0) is 43.4 Å². The van der Waals surface area contributed by atoms with Crippen molar-refractivity contribution in [1.82, 2.24) is 4.90 Å². The van der Waals surface area contributed by atoms with E-state index in [0.717, 1.165) is 32.7 Å². The van der Waals surface area contributed by atoms with Crippen LogP contribution in [0.4, 0.5) is 0 Å². The van der Waals surface area contributed by atoms with E-state index in [2.05, 4.69) is 29.2 Å². The zero-order valence-electron chi connectivity index (χ0n) is 11.6. The van der Waals surface area contributed by atoms with Crippen molar-refractivity contribution in [2.75, 3.05) is 19.7 Å². The zero-order valence-corrected chi connectivity index (χ0v) is 11.6. The molecule has 0 bridgehead atoms. The Morgan fingerprint density at radius 1 is 1.21 bits per heavy atom. The van der Waals surface area contributed by atoms with Gasteiger partial charge in [0.15, 0.2) is 0 Å². The standard InChI is InChI=1S/C16H24N2O/c17-9-8-13-4-1-2-5-14(13)12-18-10-11-19-16-7-3-6-15(16)18/h1-2,4-5,15-16H,3,6-12,17H2. The molecule has 1 saturated heterocycles. The zero-order chi connectivity index (χ0) is 13.1. The van der Waals surface area contributed by atoms with Crippen LogP contribution in [-0.2, 0) is 17.7 Å². The third-order valence-corrected chi connectivity index (χ3v) is 4.50. The quantitative estimate of drug-likeness (QED) is 0.899. The first kappa shape index (κ1) is 13.1. The lowest BCUT2D eigenvalue weighted by Crippen LogP contribution is -2.47. The van der Waals surface area contributed by atoms with Gasteiger partial charge in [-0.1, -0.05) is 24.3 Å². The average Bonchev–Trinajstić information content (AvgIpc) is 2.91. The SMILES string of the molecule is NCCc1ccccc1CN1CCOC2CCCC21. The van der Waals surface area contributed by atoms with Crippen molar-refractivity contribution >= 4 is 0 Å². The Bertz CT molecular complexity index is 421. The Morgan fingerprint density at radius 2 is 2.05 bits per heavy atom. The largest absolute Gasteiger partial charge is 0.375 e. The maximum atomic E-state index is 5.89. The fraction of sp³-hybridized carbons (Fsp3) is 0.625. The van der Waals surface area contributed by atoms with E-state index >= 15 is 0 Å². The summed E-state index contributed by atoms with van der Waals surface area (Å²) in [7, 11) is 0. The van der Waals surface area contributed by atoms with Crippen molar-refractivity contribution in [3.63, 3.8) is 0 Å². The van der Waals surface area contributed by atoms with Crippen LogP contribution in [0.3, 0.4) is 0 Å². The van der Waals surface area contributed by atoms with Crippen LogP contribution in [-0.4, -0.2) is 36.7 Å². The molecule has 2 fully saturated rings. The van der Waals surface area contributed by atoms with Crippen LogP contribution >= 0.6 is 0 Å². The van der Waals surface area contributed by atoms with Gasteiger partial charge in [-0.3, -0.25) is 4.90 Å². The van der Waals surface area contributed by atoms with Crippen LogP contribution in [0.1, 0.15) is 30.4 Å². The molecule has 3 nitrogen and oxygen atoms in total. The van der Waals surface area contributed by atoms with Crippen molar-refractivity contribution < 1.29 is 4.74 Å². The summed E-state index contributed by atoms with van der Waals surface area (Å²) in [6.45, 7) is 3.74. The summed E-state index contributed by atoms with van der Waals surface area (Å²) in [6.07, 6.45) is 5.32. The Labute approximate surface area is 115 Å². The summed E-state index contributed by atoms with van der Waals surface area (Å²) >= 11 is 0. The number of morpholine rings is 1. The smallest absolute Gasteiger partial charge is 0.0731 e. The third kappa shape index (κ3) is 2.83. The molecular weight excluding hydrogens is 236 g/mol. The number of nitrogens with two attached hydrogens (primary N) is 1. The van der Waals surface area contributed by atoms with E-state index in [1.165, 1.54) is 30.4 Å². The molecule has 1 heterocycles. The van der Waals surface area contributed by atoms with E-state index in [-0.39, 0.29) is 0 Å². The van der Waals surface area contributed by atoms with Crippen LogP contribution in [0.2, 0.25) is 0 Å². The van der Waals surface area contributed by atoms with Gasteiger partial charge in [0, 0.05) is 19.1 Å². The van der Waals surface area contributed by atoms with Gasteiger partial charge in [0.2, 0.25) is 0 Å². The highest BCUT2D eigenvalue weighted by Gasteiger charge is 2.35. The van der Waals surface area contributed by atoms with Crippen LogP contribution in [0.5, 0.6) is 0 Å². The predicted molar refractivity (Wildman–Crippen MR) is 77.0 cm³/mol. The van der Waals surface area contributed by atoms with Crippen molar-refractivity contribution in [1.29, 1.82) is 0 Å². The lowest BCUT2D eigenvalue weighted by atomic mass is 10.0. The summed E-state index contributed by atoms with van der Waals surface area (Å²) in [4.78, 5) is 2.62. The van der Waals surface area contributed by atoms with E-state index in [9.17, 15) is 0 Å². The molecule has 3 heteroatoms. The minimum atomic E-state index is 0.482. The van der Waals surface area contributed by atoms with Gasteiger partial charge in [-0.25, -0.2) is 0 Å². The molecule has 2 N–H and O–H groups in total. The van der Waals surface area contributed by atoms with Gasteiger partial charge in [-0.2, -0.15) is 0 Å². The summed E-state index contributed by atoms with van der Waals surface area (Å²) in [5.41, 5.74) is 8.57. The summed E-state index contributed by atoms with van der Waals surface area (Å²) in [6, 6.07) is 9.37. The molecule has 2 aliphatic rings. The summed E-state index contributed by atoms with van der Waals surface area (Å²) in [5, 5.41) is 0. The van der Waals surface area contributed by atoms with Gasteiger partial charge in [0.25, 0.3) is 0 Å². The number of hydrogen-bond donors (Lipinski definition) is 1. The van der Waals surface area contributed by atoms with E-state index in [0.29, 0.717) is 12.1 Å². The minimum absolute atomic E-state index is 0.482. The number of ether oxygens (including phenoxy) is 1. The first-order valence-electron chi connectivity index (χ1n) is 7.51. The van der Waals surface area contributed by atoms with Gasteiger partial charge in [0.05, 0.1) is 12.7 Å². The molecule has 0 spiro atoms. The molecule has 0 radical (unpaired) electrons. The van der Waals surface area contributed by atoms with Crippen LogP contribution in [0, 0.1) is 0 Å². The van der Waals surface area contributed by atoms with Crippen LogP contribution < -0.4 is 5.73 Å². The average molecular weight is 260 g/mol. The molecule has 1 aliphatic heterocycles. The van der Waals surface area contributed by atoms with Crippen molar-refractivity contribution in [3.05, 3.63) is 35.4 Å². The number of benzene rings is 1. The third-order valence-electron chi connectivity index (χ3n) is 4.50. The molecule has 104 valence electrons. The number of hydrogen-bond acceptors (Lipinski definition) is 3. The molecule has 1 aliphatic carbocycles. The van der Waals surface area contributed by atoms with Crippen molar-refractivity contribution in [2.45, 2.75) is 44.4 Å². The lowest BCUT2D eigenvalue weighted by molar-refractivity contribution is -0.0588. The van der Waals surface area contributed by atoms with Gasteiger partial charge in [0.1, 0.15) is 0 Å². The second-order valence-corrected chi connectivity index (χ2v) is 5.69. The highest BCUT2D eigenvalue weighted by atomic mass is 16.5. The number of fused-ring (bicyclic) bond motifs is 1. The topological polar surface area (TPSA) is 38.5 Å². The molecule has 19 heavy (non-hydrogen) atoms. The Hall–Kier alpha value is -0.900. The van der Waals surface area contributed by atoms with Crippen LogP contribution in [0.25, 0.3) is 0 Å². The normalized spacial score (nSPS) is 27.4. The lowest BCUT2D eigenvalue weighted by Gasteiger charge is -2.38. The molecule has 2 atom stereocenters. The Morgan fingerprint density at radius 3 is 2.89 bits per heavy atom. The maximum absolute atomic E-state index is 5.89. The molecule has 1 saturated carbocycles. The maximum Gasteiger partial charge on any atom is 0.0731 e. The second kappa shape index (κ2) is 6.04. The van der Waals surface area contributed by atoms with E-state index in [1.54, 1.807) is 0 Å². The van der Waals surface area contributed by atoms with Crippen molar-refractivity contribution in [2.24, 2.45) is 5.73 Å². The summed E-state index contributed by atoms with van der Waals surface area (Å²) in [5.74, 6) is 0. The molecular formula is C16H24N2O. The number of rotatable bonds is 4. The van der Waals surface area contributed by atoms with E-state index in [4.69, 9.17) is 10.5 Å². The van der Waals surface area contributed by atoms with Crippen LogP contribution in [0.15, 0.2) is 24.3 Å². The Balaban J connectivity index is 1.73.